The molecule has 0 aromatic carbocycles. The molecule has 0 saturated carbocycles. The summed E-state index contributed by atoms with van der Waals surface area (Å²) in [4.78, 5) is 4.24. The monoisotopic (exact) mass is 248 g/mol. The molecule has 0 bridgehead atoms. The van der Waals surface area contributed by atoms with E-state index in [1.807, 2.05) is 18.2 Å². The summed E-state index contributed by atoms with van der Waals surface area (Å²) in [5.41, 5.74) is 1.01. The fourth-order valence-corrected chi connectivity index (χ4v) is 2.37. The lowest BCUT2D eigenvalue weighted by Crippen LogP contribution is -2.00. The molecular formula is C12H16N4S. The van der Waals surface area contributed by atoms with E-state index < -0.39 is 0 Å². The van der Waals surface area contributed by atoms with Gasteiger partial charge < -0.3 is 5.32 Å². The van der Waals surface area contributed by atoms with Crippen molar-refractivity contribution in [1.29, 1.82) is 0 Å². The molecule has 0 radical (unpaired) electrons. The molecule has 0 saturated heterocycles. The Balaban J connectivity index is 1.89. The third-order valence-electron chi connectivity index (χ3n) is 2.20. The van der Waals surface area contributed by atoms with Crippen LogP contribution in [0.3, 0.4) is 0 Å². The number of nitrogens with one attached hydrogen (secondary N) is 1. The van der Waals surface area contributed by atoms with E-state index in [4.69, 9.17) is 0 Å². The van der Waals surface area contributed by atoms with Crippen molar-refractivity contribution in [3.05, 3.63) is 35.1 Å². The highest BCUT2D eigenvalue weighted by atomic mass is 32.1. The SMILES string of the molecule is CC(C)Cc1nnc(NCc2ccccn2)s1. The normalized spacial score (nSPS) is 10.8. The minimum absolute atomic E-state index is 0.617. The van der Waals surface area contributed by atoms with Crippen LogP contribution in [0.5, 0.6) is 0 Å². The van der Waals surface area contributed by atoms with Gasteiger partial charge >= 0.3 is 0 Å². The number of hydrogen-bond acceptors (Lipinski definition) is 5. The molecule has 0 amide bonds. The summed E-state index contributed by atoms with van der Waals surface area (Å²) in [6, 6.07) is 5.88. The molecule has 17 heavy (non-hydrogen) atoms. The van der Waals surface area contributed by atoms with Gasteiger partial charge in [-0.25, -0.2) is 0 Å². The Kier molecular flexibility index (Phi) is 4.03. The van der Waals surface area contributed by atoms with Gasteiger partial charge in [0.05, 0.1) is 12.2 Å². The van der Waals surface area contributed by atoms with Crippen LogP contribution >= 0.6 is 11.3 Å². The Morgan fingerprint density at radius 1 is 1.29 bits per heavy atom. The van der Waals surface area contributed by atoms with E-state index in [9.17, 15) is 0 Å². The van der Waals surface area contributed by atoms with Crippen LogP contribution in [0, 0.1) is 5.92 Å². The zero-order valence-electron chi connectivity index (χ0n) is 10.1. The van der Waals surface area contributed by atoms with Crippen molar-refractivity contribution in [2.24, 2.45) is 5.92 Å². The second-order valence-electron chi connectivity index (χ2n) is 4.27. The zero-order valence-corrected chi connectivity index (χ0v) is 10.9. The summed E-state index contributed by atoms with van der Waals surface area (Å²) in [7, 11) is 0. The Morgan fingerprint density at radius 2 is 2.18 bits per heavy atom. The molecule has 0 fully saturated rings. The van der Waals surface area contributed by atoms with Crippen molar-refractivity contribution >= 4 is 16.5 Å². The molecule has 2 heterocycles. The van der Waals surface area contributed by atoms with E-state index in [-0.39, 0.29) is 0 Å². The lowest BCUT2D eigenvalue weighted by Gasteiger charge is -2.00. The standard InChI is InChI=1S/C12H16N4S/c1-9(2)7-11-15-16-12(17-11)14-8-10-5-3-4-6-13-10/h3-6,9H,7-8H2,1-2H3,(H,14,16). The first kappa shape index (κ1) is 12.0. The third kappa shape index (κ3) is 3.78. The largest absolute Gasteiger partial charge is 0.354 e. The molecule has 0 unspecified atom stereocenters. The maximum atomic E-state index is 4.24. The average Bonchev–Trinajstić information content (AvgIpc) is 2.75. The second-order valence-corrected chi connectivity index (χ2v) is 5.34. The Labute approximate surface area is 105 Å². The lowest BCUT2D eigenvalue weighted by molar-refractivity contribution is 0.640. The molecule has 2 aromatic rings. The molecule has 4 nitrogen and oxygen atoms in total. The molecule has 0 aliphatic heterocycles. The summed E-state index contributed by atoms with van der Waals surface area (Å²) < 4.78 is 0. The Bertz CT molecular complexity index is 453. The van der Waals surface area contributed by atoms with Crippen LogP contribution in [-0.2, 0) is 13.0 Å². The van der Waals surface area contributed by atoms with Crippen molar-refractivity contribution in [2.45, 2.75) is 26.8 Å². The molecule has 0 spiro atoms. The first-order valence-corrected chi connectivity index (χ1v) is 6.52. The van der Waals surface area contributed by atoms with E-state index >= 15 is 0 Å². The predicted molar refractivity (Wildman–Crippen MR) is 70.0 cm³/mol. The van der Waals surface area contributed by atoms with E-state index in [1.165, 1.54) is 0 Å². The maximum absolute atomic E-state index is 4.24. The maximum Gasteiger partial charge on any atom is 0.205 e. The highest BCUT2D eigenvalue weighted by molar-refractivity contribution is 7.15. The van der Waals surface area contributed by atoms with Crippen molar-refractivity contribution < 1.29 is 0 Å². The van der Waals surface area contributed by atoms with Gasteiger partial charge in [-0.3, -0.25) is 4.98 Å². The van der Waals surface area contributed by atoms with Crippen LogP contribution < -0.4 is 5.32 Å². The molecule has 0 atom stereocenters. The van der Waals surface area contributed by atoms with Crippen molar-refractivity contribution in [3.63, 3.8) is 0 Å². The molecule has 90 valence electrons. The quantitative estimate of drug-likeness (QED) is 0.884. The predicted octanol–water partition coefficient (Wildman–Crippen LogP) is 2.74. The Hall–Kier alpha value is -1.49. The molecule has 1 N–H and O–H groups in total. The Morgan fingerprint density at radius 3 is 2.88 bits per heavy atom. The van der Waals surface area contributed by atoms with Crippen LogP contribution in [0.15, 0.2) is 24.4 Å². The lowest BCUT2D eigenvalue weighted by atomic mass is 10.1. The van der Waals surface area contributed by atoms with Gasteiger partial charge in [-0.2, -0.15) is 0 Å². The molecule has 2 rings (SSSR count). The first-order chi connectivity index (χ1) is 8.24. The minimum atomic E-state index is 0.617. The van der Waals surface area contributed by atoms with Gasteiger partial charge in [-0.15, -0.1) is 10.2 Å². The van der Waals surface area contributed by atoms with Crippen LogP contribution in [0.2, 0.25) is 0 Å². The average molecular weight is 248 g/mol. The molecule has 2 aromatic heterocycles. The van der Waals surface area contributed by atoms with Crippen LogP contribution in [0.1, 0.15) is 24.5 Å². The van der Waals surface area contributed by atoms with Gasteiger partial charge in [0.2, 0.25) is 5.13 Å². The summed E-state index contributed by atoms with van der Waals surface area (Å²) >= 11 is 1.62. The summed E-state index contributed by atoms with van der Waals surface area (Å²) in [5, 5.41) is 13.5. The van der Waals surface area contributed by atoms with Gasteiger partial charge in [0, 0.05) is 12.6 Å². The third-order valence-corrected chi connectivity index (χ3v) is 3.10. The van der Waals surface area contributed by atoms with E-state index in [1.54, 1.807) is 17.5 Å². The van der Waals surface area contributed by atoms with Gasteiger partial charge in [0.15, 0.2) is 0 Å². The highest BCUT2D eigenvalue weighted by Crippen LogP contribution is 2.18. The second kappa shape index (κ2) is 5.72. The van der Waals surface area contributed by atoms with Gasteiger partial charge in [0.25, 0.3) is 0 Å². The topological polar surface area (TPSA) is 50.7 Å². The van der Waals surface area contributed by atoms with Crippen LogP contribution in [0.4, 0.5) is 5.13 Å². The minimum Gasteiger partial charge on any atom is -0.354 e. The fraction of sp³-hybridized carbons (Fsp3) is 0.417. The molecule has 0 aliphatic carbocycles. The van der Waals surface area contributed by atoms with E-state index in [2.05, 4.69) is 34.3 Å². The van der Waals surface area contributed by atoms with Gasteiger partial charge in [-0.1, -0.05) is 31.3 Å². The molecule has 0 aliphatic rings. The van der Waals surface area contributed by atoms with Crippen molar-refractivity contribution in [2.75, 3.05) is 5.32 Å². The number of nitrogens with zero attached hydrogens (tertiary/aromatic N) is 3. The van der Waals surface area contributed by atoms with E-state index in [0.717, 1.165) is 22.3 Å². The van der Waals surface area contributed by atoms with Gasteiger partial charge in [-0.05, 0) is 18.1 Å². The van der Waals surface area contributed by atoms with Crippen molar-refractivity contribution in [3.8, 4) is 0 Å². The van der Waals surface area contributed by atoms with E-state index in [0.29, 0.717) is 12.5 Å². The number of rotatable bonds is 5. The van der Waals surface area contributed by atoms with Gasteiger partial charge in [0.1, 0.15) is 5.01 Å². The highest BCUT2D eigenvalue weighted by Gasteiger charge is 2.05. The summed E-state index contributed by atoms with van der Waals surface area (Å²) in [6.45, 7) is 5.06. The summed E-state index contributed by atoms with van der Waals surface area (Å²) in [5.74, 6) is 0.617. The zero-order chi connectivity index (χ0) is 12.1. The number of aromatic nitrogens is 3. The summed E-state index contributed by atoms with van der Waals surface area (Å²) in [6.07, 6.45) is 2.78. The fourth-order valence-electron chi connectivity index (χ4n) is 1.43. The first-order valence-electron chi connectivity index (χ1n) is 5.70. The molecular weight excluding hydrogens is 232 g/mol. The van der Waals surface area contributed by atoms with Crippen LogP contribution in [0.25, 0.3) is 0 Å². The number of anilines is 1. The number of hydrogen-bond donors (Lipinski definition) is 1. The van der Waals surface area contributed by atoms with Crippen molar-refractivity contribution in [1.82, 2.24) is 15.2 Å². The smallest absolute Gasteiger partial charge is 0.205 e. The molecule has 5 heteroatoms. The van der Waals surface area contributed by atoms with Crippen LogP contribution in [-0.4, -0.2) is 15.2 Å². The number of pyridine rings is 1.